The molecular weight excluding hydrogens is 250 g/mol. The smallest absolute Gasteiger partial charge is 0.166 e. The van der Waals surface area contributed by atoms with Crippen LogP contribution in [0, 0.1) is 6.92 Å². The van der Waals surface area contributed by atoms with Crippen LogP contribution in [0.15, 0.2) is 12.3 Å². The first-order valence-corrected chi connectivity index (χ1v) is 7.36. The molecule has 4 heteroatoms. The second-order valence-electron chi connectivity index (χ2n) is 5.29. The van der Waals surface area contributed by atoms with Crippen LogP contribution in [0.2, 0.25) is 0 Å². The number of aromatic nitrogens is 3. The van der Waals surface area contributed by atoms with E-state index in [-0.39, 0.29) is 0 Å². The average Bonchev–Trinajstić information content (AvgIpc) is 2.82. The first-order chi connectivity index (χ1) is 9.63. The number of unbranched alkanes of at least 4 members (excludes halogenated alkanes) is 4. The molecule has 0 aliphatic heterocycles. The van der Waals surface area contributed by atoms with Gasteiger partial charge >= 0.3 is 0 Å². The highest BCUT2D eigenvalue weighted by Crippen LogP contribution is 2.09. The summed E-state index contributed by atoms with van der Waals surface area (Å²) in [6, 6.07) is 1.88. The topological polar surface area (TPSA) is 50.4 Å². The highest BCUT2D eigenvalue weighted by Gasteiger charge is 2.06. The van der Waals surface area contributed by atoms with Crippen molar-refractivity contribution < 1.29 is 5.11 Å². The lowest BCUT2D eigenvalue weighted by Crippen LogP contribution is -2.15. The third-order valence-corrected chi connectivity index (χ3v) is 3.53. The second kappa shape index (κ2) is 6.55. The summed E-state index contributed by atoms with van der Waals surface area (Å²) in [5, 5.41) is 16.0. The average molecular weight is 273 g/mol. The fourth-order valence-electron chi connectivity index (χ4n) is 2.41. The van der Waals surface area contributed by atoms with E-state index in [2.05, 4.69) is 23.6 Å². The minimum atomic E-state index is 0.383. The van der Waals surface area contributed by atoms with Gasteiger partial charge < -0.3 is 5.11 Å². The van der Waals surface area contributed by atoms with Crippen molar-refractivity contribution in [2.24, 2.45) is 0 Å². The van der Waals surface area contributed by atoms with Gasteiger partial charge in [-0.3, -0.25) is 0 Å². The van der Waals surface area contributed by atoms with E-state index in [1.54, 1.807) is 10.7 Å². The predicted octanol–water partition coefficient (Wildman–Crippen LogP) is 2.47. The summed E-state index contributed by atoms with van der Waals surface area (Å²) >= 11 is 0. The van der Waals surface area contributed by atoms with Crippen LogP contribution < -0.4 is 10.6 Å². The predicted molar refractivity (Wildman–Crippen MR) is 81.9 cm³/mol. The van der Waals surface area contributed by atoms with E-state index in [0.717, 1.165) is 23.8 Å². The van der Waals surface area contributed by atoms with Gasteiger partial charge in [0.2, 0.25) is 0 Å². The Kier molecular flexibility index (Phi) is 4.77. The number of rotatable bonds is 6. The summed E-state index contributed by atoms with van der Waals surface area (Å²) in [5.41, 5.74) is 1.67. The van der Waals surface area contributed by atoms with E-state index >= 15 is 0 Å². The van der Waals surface area contributed by atoms with Gasteiger partial charge in [0.05, 0.1) is 16.8 Å². The van der Waals surface area contributed by atoms with Crippen LogP contribution in [0.3, 0.4) is 0 Å². The third kappa shape index (κ3) is 3.18. The molecule has 0 aromatic carbocycles. The lowest BCUT2D eigenvalue weighted by Gasteiger charge is -2.01. The lowest BCUT2D eigenvalue weighted by molar-refractivity contribution is 0.468. The van der Waals surface area contributed by atoms with Gasteiger partial charge in [0.25, 0.3) is 0 Å². The maximum absolute atomic E-state index is 10.2. The van der Waals surface area contributed by atoms with Crippen LogP contribution in [0.25, 0.3) is 18.0 Å². The van der Waals surface area contributed by atoms with Gasteiger partial charge in [-0.1, -0.05) is 39.2 Å². The molecule has 1 N–H and O–H groups in total. The molecule has 0 amide bonds. The van der Waals surface area contributed by atoms with Gasteiger partial charge in [0, 0.05) is 12.1 Å². The Hall–Kier alpha value is -1.84. The highest BCUT2D eigenvalue weighted by atomic mass is 16.3. The molecule has 2 aromatic heterocycles. The van der Waals surface area contributed by atoms with Gasteiger partial charge in [-0.2, -0.15) is 5.10 Å². The number of aliphatic hydroxyl groups excluding tert-OH is 1. The largest absolute Gasteiger partial charge is 0.511 e. The number of aliphatic hydroxyl groups is 1. The molecule has 0 saturated heterocycles. The van der Waals surface area contributed by atoms with Crippen molar-refractivity contribution in [3.63, 3.8) is 0 Å². The van der Waals surface area contributed by atoms with E-state index in [1.807, 2.05) is 13.0 Å². The molecule has 0 saturated carbocycles. The maximum atomic E-state index is 10.2. The quantitative estimate of drug-likeness (QED) is 0.823. The Balaban J connectivity index is 2.22. The molecule has 2 aromatic rings. The molecule has 20 heavy (non-hydrogen) atoms. The van der Waals surface area contributed by atoms with Crippen LogP contribution in [-0.2, 0) is 0 Å². The number of nitrogens with zero attached hydrogens (tertiary/aromatic N) is 3. The fourth-order valence-corrected chi connectivity index (χ4v) is 2.41. The summed E-state index contributed by atoms with van der Waals surface area (Å²) in [6.45, 7) is 8.03. The van der Waals surface area contributed by atoms with Crippen molar-refractivity contribution in [1.29, 1.82) is 0 Å². The molecule has 0 aliphatic rings. The highest BCUT2D eigenvalue weighted by molar-refractivity contribution is 5.49. The van der Waals surface area contributed by atoms with Crippen molar-refractivity contribution in [2.75, 3.05) is 0 Å². The van der Waals surface area contributed by atoms with E-state index in [1.165, 1.54) is 19.3 Å². The first-order valence-electron chi connectivity index (χ1n) is 7.36. The van der Waals surface area contributed by atoms with E-state index in [4.69, 9.17) is 0 Å². The molecule has 4 nitrogen and oxygen atoms in total. The SMILES string of the molecule is C=c1cc(C)n2ncc(=C(O)CCCCCCC)c2n1. The molecule has 0 radical (unpaired) electrons. The zero-order chi connectivity index (χ0) is 14.5. The van der Waals surface area contributed by atoms with Crippen LogP contribution in [0.4, 0.5) is 0 Å². The molecule has 108 valence electrons. The third-order valence-electron chi connectivity index (χ3n) is 3.53. The molecule has 0 atom stereocenters. The Labute approximate surface area is 119 Å². The maximum Gasteiger partial charge on any atom is 0.166 e. The lowest BCUT2D eigenvalue weighted by atomic mass is 10.1. The summed E-state index contributed by atoms with van der Waals surface area (Å²) in [7, 11) is 0. The van der Waals surface area contributed by atoms with Crippen molar-refractivity contribution >= 4 is 18.0 Å². The molecule has 2 heterocycles. The summed E-state index contributed by atoms with van der Waals surface area (Å²) in [6.07, 6.45) is 8.28. The molecule has 0 aliphatic carbocycles. The van der Waals surface area contributed by atoms with Crippen LogP contribution in [0.1, 0.15) is 51.1 Å². The Bertz CT molecular complexity index is 688. The molecule has 0 unspecified atom stereocenters. The normalized spacial score (nSPS) is 12.9. The Morgan fingerprint density at radius 2 is 2.05 bits per heavy atom. The van der Waals surface area contributed by atoms with Crippen LogP contribution >= 0.6 is 0 Å². The van der Waals surface area contributed by atoms with Gasteiger partial charge in [-0.05, 0) is 19.4 Å². The van der Waals surface area contributed by atoms with Gasteiger partial charge in [-0.25, -0.2) is 9.50 Å². The molecule has 0 spiro atoms. The number of aryl methyl sites for hydroxylation is 1. The number of fused-ring (bicyclic) bond motifs is 1. The molecular formula is C16H23N3O. The Morgan fingerprint density at radius 1 is 1.30 bits per heavy atom. The van der Waals surface area contributed by atoms with Gasteiger partial charge in [-0.15, -0.1) is 0 Å². The second-order valence-corrected chi connectivity index (χ2v) is 5.29. The summed E-state index contributed by atoms with van der Waals surface area (Å²) in [5.74, 6) is 0.383. The minimum absolute atomic E-state index is 0.383. The number of hydrogen-bond acceptors (Lipinski definition) is 3. The van der Waals surface area contributed by atoms with Crippen LogP contribution in [-0.4, -0.2) is 19.7 Å². The molecule has 0 bridgehead atoms. The van der Waals surface area contributed by atoms with Crippen LogP contribution in [0.5, 0.6) is 0 Å². The van der Waals surface area contributed by atoms with Gasteiger partial charge in [0.1, 0.15) is 5.76 Å². The van der Waals surface area contributed by atoms with E-state index in [9.17, 15) is 5.11 Å². The van der Waals surface area contributed by atoms with Crippen molar-refractivity contribution in [2.45, 2.75) is 52.4 Å². The number of hydrogen-bond donors (Lipinski definition) is 1. The van der Waals surface area contributed by atoms with Crippen molar-refractivity contribution in [1.82, 2.24) is 14.6 Å². The zero-order valence-electron chi connectivity index (χ0n) is 12.4. The molecule has 2 rings (SSSR count). The van der Waals surface area contributed by atoms with Crippen molar-refractivity contribution in [3.05, 3.63) is 28.5 Å². The summed E-state index contributed by atoms with van der Waals surface area (Å²) < 4.78 is 1.75. The molecule has 0 fully saturated rings. The monoisotopic (exact) mass is 273 g/mol. The summed E-state index contributed by atoms with van der Waals surface area (Å²) in [4.78, 5) is 4.38. The van der Waals surface area contributed by atoms with E-state index in [0.29, 0.717) is 23.2 Å². The minimum Gasteiger partial charge on any atom is -0.511 e. The zero-order valence-corrected chi connectivity index (χ0v) is 12.4. The van der Waals surface area contributed by atoms with Crippen molar-refractivity contribution in [3.8, 4) is 0 Å². The fraction of sp³-hybridized carbons (Fsp3) is 0.500. The standard InChI is InChI=1S/C16H23N3O/c1-4-5-6-7-8-9-15(20)14-11-17-19-13(3)10-12(2)18-16(14)19/h10-11,20H,2,4-9H2,1,3H3. The Morgan fingerprint density at radius 3 is 2.80 bits per heavy atom. The van der Waals surface area contributed by atoms with E-state index < -0.39 is 0 Å². The first kappa shape index (κ1) is 14.6. The van der Waals surface area contributed by atoms with Gasteiger partial charge in [0.15, 0.2) is 5.65 Å².